The molecule has 0 spiro atoms. The van der Waals surface area contributed by atoms with Crippen LogP contribution in [0.25, 0.3) is 5.65 Å². The molecular weight excluding hydrogens is 206 g/mol. The maximum atomic E-state index is 10.6. The number of hydrogen-bond acceptors (Lipinski definition) is 3. The van der Waals surface area contributed by atoms with Crippen LogP contribution in [0.15, 0.2) is 24.5 Å². The Morgan fingerprint density at radius 1 is 1.56 bits per heavy atom. The Labute approximate surface area is 92.9 Å². The Hall–Kier alpha value is -2.04. The van der Waals surface area contributed by atoms with Crippen molar-refractivity contribution in [1.29, 1.82) is 0 Å². The summed E-state index contributed by atoms with van der Waals surface area (Å²) in [6.07, 6.45) is 3.57. The van der Waals surface area contributed by atoms with E-state index in [1.807, 2.05) is 41.7 Å². The van der Waals surface area contributed by atoms with Crippen LogP contribution in [0, 0.1) is 0 Å². The van der Waals surface area contributed by atoms with Crippen LogP contribution in [0.1, 0.15) is 5.69 Å². The molecule has 5 nitrogen and oxygen atoms in total. The molecule has 0 aromatic carbocycles. The zero-order valence-corrected chi connectivity index (χ0v) is 9.21. The van der Waals surface area contributed by atoms with Crippen molar-refractivity contribution in [2.24, 2.45) is 0 Å². The van der Waals surface area contributed by atoms with E-state index in [2.05, 4.69) is 4.98 Å². The van der Waals surface area contributed by atoms with E-state index >= 15 is 0 Å². The van der Waals surface area contributed by atoms with Crippen LogP contribution in [0.5, 0.6) is 0 Å². The van der Waals surface area contributed by atoms with Gasteiger partial charge in [-0.3, -0.25) is 4.79 Å². The maximum Gasteiger partial charge on any atom is 0.309 e. The lowest BCUT2D eigenvalue weighted by atomic mass is 10.3. The van der Waals surface area contributed by atoms with Gasteiger partial charge in [-0.15, -0.1) is 0 Å². The minimum absolute atomic E-state index is 0.0427. The SMILES string of the molecule is CN(C)c1ccn2cc(CC(=O)O)nc2c1. The van der Waals surface area contributed by atoms with Crippen molar-refractivity contribution in [2.75, 3.05) is 19.0 Å². The van der Waals surface area contributed by atoms with Gasteiger partial charge in [0.2, 0.25) is 0 Å². The molecule has 0 radical (unpaired) electrons. The first-order valence-corrected chi connectivity index (χ1v) is 4.93. The van der Waals surface area contributed by atoms with E-state index < -0.39 is 5.97 Å². The van der Waals surface area contributed by atoms with Gasteiger partial charge in [-0.05, 0) is 6.07 Å². The lowest BCUT2D eigenvalue weighted by Gasteiger charge is -2.11. The quantitative estimate of drug-likeness (QED) is 0.837. The maximum absolute atomic E-state index is 10.6. The van der Waals surface area contributed by atoms with Gasteiger partial charge in [0, 0.05) is 38.2 Å². The molecule has 0 unspecified atom stereocenters. The van der Waals surface area contributed by atoms with Gasteiger partial charge in [-0.1, -0.05) is 0 Å². The minimum Gasteiger partial charge on any atom is -0.481 e. The van der Waals surface area contributed by atoms with Crippen LogP contribution in [0.4, 0.5) is 5.69 Å². The number of rotatable bonds is 3. The third-order valence-corrected chi connectivity index (χ3v) is 2.34. The van der Waals surface area contributed by atoms with Gasteiger partial charge < -0.3 is 14.4 Å². The second-order valence-corrected chi connectivity index (χ2v) is 3.85. The second-order valence-electron chi connectivity index (χ2n) is 3.85. The summed E-state index contributed by atoms with van der Waals surface area (Å²) >= 11 is 0. The molecule has 16 heavy (non-hydrogen) atoms. The number of anilines is 1. The van der Waals surface area contributed by atoms with Gasteiger partial charge in [-0.2, -0.15) is 0 Å². The molecular formula is C11H13N3O2. The Bertz CT molecular complexity index is 531. The molecule has 0 saturated heterocycles. The number of carboxylic acid groups (broad SMARTS) is 1. The van der Waals surface area contributed by atoms with Crippen LogP contribution < -0.4 is 4.90 Å². The lowest BCUT2D eigenvalue weighted by molar-refractivity contribution is -0.136. The van der Waals surface area contributed by atoms with E-state index in [-0.39, 0.29) is 6.42 Å². The molecule has 0 atom stereocenters. The summed E-state index contributed by atoms with van der Waals surface area (Å²) in [5.41, 5.74) is 2.38. The van der Waals surface area contributed by atoms with Crippen molar-refractivity contribution in [3.05, 3.63) is 30.2 Å². The highest BCUT2D eigenvalue weighted by molar-refractivity contribution is 5.70. The van der Waals surface area contributed by atoms with Crippen LogP contribution in [-0.4, -0.2) is 34.6 Å². The molecule has 0 fully saturated rings. The Morgan fingerprint density at radius 2 is 2.31 bits per heavy atom. The average Bonchev–Trinajstić information content (AvgIpc) is 2.56. The molecule has 0 aliphatic heterocycles. The Balaban J connectivity index is 2.41. The van der Waals surface area contributed by atoms with Crippen LogP contribution in [0.2, 0.25) is 0 Å². The van der Waals surface area contributed by atoms with E-state index in [0.717, 1.165) is 11.3 Å². The fourth-order valence-electron chi connectivity index (χ4n) is 1.54. The fourth-order valence-corrected chi connectivity index (χ4v) is 1.54. The molecule has 0 saturated carbocycles. The minimum atomic E-state index is -0.865. The van der Waals surface area contributed by atoms with Gasteiger partial charge in [0.15, 0.2) is 0 Å². The van der Waals surface area contributed by atoms with E-state index in [9.17, 15) is 4.79 Å². The lowest BCUT2D eigenvalue weighted by Crippen LogP contribution is -2.08. The number of fused-ring (bicyclic) bond motifs is 1. The van der Waals surface area contributed by atoms with Gasteiger partial charge >= 0.3 is 5.97 Å². The van der Waals surface area contributed by atoms with E-state index in [1.165, 1.54) is 0 Å². The number of aromatic nitrogens is 2. The van der Waals surface area contributed by atoms with Gasteiger partial charge in [0.25, 0.3) is 0 Å². The third-order valence-electron chi connectivity index (χ3n) is 2.34. The Morgan fingerprint density at radius 3 is 2.94 bits per heavy atom. The number of carbonyl (C=O) groups is 1. The number of imidazole rings is 1. The molecule has 84 valence electrons. The van der Waals surface area contributed by atoms with E-state index in [4.69, 9.17) is 5.11 Å². The summed E-state index contributed by atoms with van der Waals surface area (Å²) in [5, 5.41) is 8.68. The summed E-state index contributed by atoms with van der Waals surface area (Å²) in [4.78, 5) is 16.8. The van der Waals surface area contributed by atoms with Gasteiger partial charge in [0.05, 0.1) is 12.1 Å². The molecule has 0 amide bonds. The average molecular weight is 219 g/mol. The van der Waals surface area contributed by atoms with Crippen molar-refractivity contribution in [3.8, 4) is 0 Å². The monoisotopic (exact) mass is 219 g/mol. The Kier molecular flexibility index (Phi) is 2.52. The largest absolute Gasteiger partial charge is 0.481 e. The number of carboxylic acids is 1. The predicted molar refractivity (Wildman–Crippen MR) is 60.9 cm³/mol. The van der Waals surface area contributed by atoms with Crippen molar-refractivity contribution in [1.82, 2.24) is 9.38 Å². The molecule has 2 aromatic rings. The summed E-state index contributed by atoms with van der Waals surface area (Å²) in [6, 6.07) is 3.88. The zero-order valence-electron chi connectivity index (χ0n) is 9.21. The van der Waals surface area contributed by atoms with E-state index in [0.29, 0.717) is 5.69 Å². The van der Waals surface area contributed by atoms with Crippen molar-refractivity contribution < 1.29 is 9.90 Å². The zero-order chi connectivity index (χ0) is 11.7. The van der Waals surface area contributed by atoms with Gasteiger partial charge in [-0.25, -0.2) is 4.98 Å². The molecule has 0 aliphatic carbocycles. The molecule has 0 bridgehead atoms. The number of hydrogen-bond donors (Lipinski definition) is 1. The predicted octanol–water partition coefficient (Wildman–Crippen LogP) is 1.03. The smallest absolute Gasteiger partial charge is 0.309 e. The van der Waals surface area contributed by atoms with E-state index in [1.54, 1.807) is 6.20 Å². The first-order valence-electron chi connectivity index (χ1n) is 4.93. The third kappa shape index (κ3) is 1.98. The number of nitrogens with zero attached hydrogens (tertiary/aromatic N) is 3. The summed E-state index contributed by atoms with van der Waals surface area (Å²) in [7, 11) is 3.90. The number of pyridine rings is 1. The first-order chi connectivity index (χ1) is 7.56. The molecule has 0 aliphatic rings. The van der Waals surface area contributed by atoms with Crippen LogP contribution in [0.3, 0.4) is 0 Å². The normalized spacial score (nSPS) is 10.6. The topological polar surface area (TPSA) is 57.8 Å². The van der Waals surface area contributed by atoms with Crippen molar-refractivity contribution in [2.45, 2.75) is 6.42 Å². The van der Waals surface area contributed by atoms with Crippen molar-refractivity contribution >= 4 is 17.3 Å². The summed E-state index contributed by atoms with van der Waals surface area (Å²) in [6.45, 7) is 0. The van der Waals surface area contributed by atoms with Crippen LogP contribution in [-0.2, 0) is 11.2 Å². The highest BCUT2D eigenvalue weighted by atomic mass is 16.4. The highest BCUT2D eigenvalue weighted by Gasteiger charge is 2.06. The molecule has 2 rings (SSSR count). The first kappa shape index (κ1) is 10.5. The summed E-state index contributed by atoms with van der Waals surface area (Å²) < 4.78 is 1.82. The molecule has 1 N–H and O–H groups in total. The van der Waals surface area contributed by atoms with Crippen molar-refractivity contribution in [3.63, 3.8) is 0 Å². The number of aliphatic carboxylic acids is 1. The molecule has 2 heterocycles. The van der Waals surface area contributed by atoms with Gasteiger partial charge in [0.1, 0.15) is 5.65 Å². The summed E-state index contributed by atoms with van der Waals surface area (Å²) in [5.74, 6) is -0.865. The highest BCUT2D eigenvalue weighted by Crippen LogP contribution is 2.14. The standard InChI is InChI=1S/C11H13N3O2/c1-13(2)9-3-4-14-7-8(5-11(15)16)12-10(14)6-9/h3-4,6-7H,5H2,1-2H3,(H,15,16). The molecule has 5 heteroatoms. The van der Waals surface area contributed by atoms with Crippen LogP contribution >= 0.6 is 0 Å². The second kappa shape index (κ2) is 3.84. The molecule has 2 aromatic heterocycles. The fraction of sp³-hybridized carbons (Fsp3) is 0.273.